The first kappa shape index (κ1) is 20.5. The fraction of sp³-hybridized carbons (Fsp3) is 0.0870. The van der Waals surface area contributed by atoms with E-state index in [1.54, 1.807) is 12.2 Å². The van der Waals surface area contributed by atoms with Crippen molar-refractivity contribution in [3.8, 4) is 11.5 Å². The third-order valence-electron chi connectivity index (χ3n) is 4.60. The van der Waals surface area contributed by atoms with Gasteiger partial charge in [-0.05, 0) is 53.8 Å². The van der Waals surface area contributed by atoms with Crippen LogP contribution in [0.5, 0.6) is 11.5 Å². The average Bonchev–Trinajstić information content (AvgIpc) is 3.04. The number of amidine groups is 1. The van der Waals surface area contributed by atoms with Crippen molar-refractivity contribution in [2.45, 2.75) is 0 Å². The number of para-hydroxylation sites is 1. The summed E-state index contributed by atoms with van der Waals surface area (Å²) in [7, 11) is 0. The van der Waals surface area contributed by atoms with E-state index in [4.69, 9.17) is 4.74 Å². The van der Waals surface area contributed by atoms with Crippen LogP contribution in [0.4, 0.5) is 5.69 Å². The summed E-state index contributed by atoms with van der Waals surface area (Å²) in [4.78, 5) is 30.8. The highest BCUT2D eigenvalue weighted by Gasteiger charge is 2.33. The summed E-state index contributed by atoms with van der Waals surface area (Å²) in [6, 6.07) is 11.5. The molecule has 4 rings (SSSR count). The molecule has 1 amide bonds. The quantitative estimate of drug-likeness (QED) is 0.541. The van der Waals surface area contributed by atoms with Crippen LogP contribution < -0.4 is 4.74 Å². The lowest BCUT2D eigenvalue weighted by Crippen LogP contribution is -2.29. The Bertz CT molecular complexity index is 1180. The van der Waals surface area contributed by atoms with Gasteiger partial charge in [0.2, 0.25) is 0 Å². The Morgan fingerprint density at radius 1 is 1.29 bits per heavy atom. The number of fused-ring (bicyclic) bond motifs is 1. The van der Waals surface area contributed by atoms with Crippen LogP contribution >= 0.6 is 11.8 Å². The van der Waals surface area contributed by atoms with Gasteiger partial charge >= 0.3 is 5.97 Å². The normalized spacial score (nSPS) is 18.0. The number of carbonyl (C=O) groups is 2. The summed E-state index contributed by atoms with van der Waals surface area (Å²) >= 11 is 1.15. The highest BCUT2D eigenvalue weighted by atomic mass is 32.2. The van der Waals surface area contributed by atoms with Crippen molar-refractivity contribution < 1.29 is 24.5 Å². The number of carbonyl (C=O) groups excluding carboxylic acids is 1. The van der Waals surface area contributed by atoms with E-state index in [2.05, 4.69) is 11.6 Å². The molecule has 1 saturated heterocycles. The van der Waals surface area contributed by atoms with E-state index in [0.717, 1.165) is 34.7 Å². The maximum absolute atomic E-state index is 13.0. The second-order valence-corrected chi connectivity index (χ2v) is 7.77. The molecule has 0 aromatic heterocycles. The number of hydrogen-bond acceptors (Lipinski definition) is 6. The van der Waals surface area contributed by atoms with Crippen LogP contribution in [-0.4, -0.2) is 45.3 Å². The standard InChI is InChI=1S/C23H18N2O5S/c1-2-9-25-21(27)20(11-14-10-15-5-3-4-6-19(15)30-13-14)31-23(25)24-18-8-7-16(26)12-17(18)22(28)29/h2-8,10-12,26H,1,9,13H2,(H,28,29)/b20-11-,24-23?. The molecule has 2 aromatic rings. The van der Waals surface area contributed by atoms with Gasteiger partial charge in [-0.2, -0.15) is 0 Å². The molecular weight excluding hydrogens is 416 g/mol. The lowest BCUT2D eigenvalue weighted by atomic mass is 10.1. The third kappa shape index (κ3) is 4.24. The molecular formula is C23H18N2O5S. The maximum Gasteiger partial charge on any atom is 0.338 e. The number of carboxylic acids is 1. The fourth-order valence-electron chi connectivity index (χ4n) is 3.16. The molecule has 0 aliphatic carbocycles. The Hall–Kier alpha value is -3.78. The first-order valence-corrected chi connectivity index (χ1v) is 10.2. The number of rotatable bonds is 5. The van der Waals surface area contributed by atoms with Gasteiger partial charge in [0.1, 0.15) is 18.1 Å². The van der Waals surface area contributed by atoms with E-state index < -0.39 is 5.97 Å². The average molecular weight is 434 g/mol. The molecule has 2 heterocycles. The summed E-state index contributed by atoms with van der Waals surface area (Å²) < 4.78 is 5.75. The van der Waals surface area contributed by atoms with Crippen molar-refractivity contribution in [1.29, 1.82) is 0 Å². The number of amides is 1. The number of nitrogens with zero attached hydrogens (tertiary/aromatic N) is 2. The predicted molar refractivity (Wildman–Crippen MR) is 120 cm³/mol. The lowest BCUT2D eigenvalue weighted by Gasteiger charge is -2.16. The van der Waals surface area contributed by atoms with E-state index in [1.807, 2.05) is 30.3 Å². The van der Waals surface area contributed by atoms with Crippen LogP contribution in [0.1, 0.15) is 15.9 Å². The zero-order chi connectivity index (χ0) is 22.0. The minimum atomic E-state index is -1.22. The molecule has 1 fully saturated rings. The highest BCUT2D eigenvalue weighted by molar-refractivity contribution is 8.18. The number of benzene rings is 2. The maximum atomic E-state index is 13.0. The molecule has 0 spiro atoms. The van der Waals surface area contributed by atoms with Gasteiger partial charge in [-0.1, -0.05) is 24.3 Å². The molecule has 31 heavy (non-hydrogen) atoms. The number of carboxylic acid groups (broad SMARTS) is 1. The lowest BCUT2D eigenvalue weighted by molar-refractivity contribution is -0.121. The van der Waals surface area contributed by atoms with E-state index >= 15 is 0 Å². The monoisotopic (exact) mass is 434 g/mol. The topological polar surface area (TPSA) is 99.4 Å². The van der Waals surface area contributed by atoms with Gasteiger partial charge in [0, 0.05) is 12.1 Å². The minimum absolute atomic E-state index is 0.144. The summed E-state index contributed by atoms with van der Waals surface area (Å²) in [5.74, 6) is -0.860. The summed E-state index contributed by atoms with van der Waals surface area (Å²) in [5, 5.41) is 19.3. The van der Waals surface area contributed by atoms with Crippen LogP contribution in [0.3, 0.4) is 0 Å². The number of aromatic carboxylic acids is 1. The second-order valence-electron chi connectivity index (χ2n) is 6.76. The van der Waals surface area contributed by atoms with Crippen molar-refractivity contribution in [2.75, 3.05) is 13.2 Å². The second kappa shape index (κ2) is 8.53. The van der Waals surface area contributed by atoms with Crippen molar-refractivity contribution in [2.24, 2.45) is 4.99 Å². The molecule has 2 N–H and O–H groups in total. The zero-order valence-electron chi connectivity index (χ0n) is 16.3. The summed E-state index contributed by atoms with van der Waals surface area (Å²) in [6.07, 6.45) is 5.30. The van der Waals surface area contributed by atoms with Crippen molar-refractivity contribution >= 4 is 40.6 Å². The van der Waals surface area contributed by atoms with E-state index in [1.165, 1.54) is 17.0 Å². The number of phenols is 1. The largest absolute Gasteiger partial charge is 0.508 e. The fourth-order valence-corrected chi connectivity index (χ4v) is 4.18. The number of hydrogen-bond donors (Lipinski definition) is 2. The van der Waals surface area contributed by atoms with Gasteiger partial charge in [-0.3, -0.25) is 9.69 Å². The number of phenolic OH excluding ortho intramolecular Hbond substituents is 1. The van der Waals surface area contributed by atoms with Crippen molar-refractivity contribution in [1.82, 2.24) is 4.90 Å². The Morgan fingerprint density at radius 2 is 2.10 bits per heavy atom. The summed E-state index contributed by atoms with van der Waals surface area (Å²) in [5.41, 5.74) is 1.76. The molecule has 2 aliphatic heterocycles. The molecule has 0 atom stereocenters. The van der Waals surface area contributed by atoms with E-state index in [0.29, 0.717) is 16.7 Å². The number of thioether (sulfide) groups is 1. The SMILES string of the molecule is C=CCN1C(=O)/C(=C/C2=Cc3ccccc3OC2)SC1=Nc1ccc(O)cc1C(=O)O. The molecule has 0 saturated carbocycles. The van der Waals surface area contributed by atoms with Gasteiger partial charge in [-0.25, -0.2) is 9.79 Å². The highest BCUT2D eigenvalue weighted by Crippen LogP contribution is 2.36. The minimum Gasteiger partial charge on any atom is -0.508 e. The Balaban J connectivity index is 1.70. The smallest absolute Gasteiger partial charge is 0.338 e. The van der Waals surface area contributed by atoms with Gasteiger partial charge in [0.05, 0.1) is 16.2 Å². The van der Waals surface area contributed by atoms with Gasteiger partial charge < -0.3 is 14.9 Å². The molecule has 8 heteroatoms. The molecule has 7 nitrogen and oxygen atoms in total. The predicted octanol–water partition coefficient (Wildman–Crippen LogP) is 4.20. The number of aromatic hydroxyl groups is 1. The Labute approximate surface area is 182 Å². The molecule has 0 bridgehead atoms. The van der Waals surface area contributed by atoms with Crippen LogP contribution in [0, 0.1) is 0 Å². The first-order chi connectivity index (χ1) is 15.0. The zero-order valence-corrected chi connectivity index (χ0v) is 17.1. The molecule has 2 aliphatic rings. The van der Waals surface area contributed by atoms with Crippen LogP contribution in [-0.2, 0) is 4.79 Å². The van der Waals surface area contributed by atoms with Gasteiger partial charge in [0.15, 0.2) is 5.17 Å². The number of aliphatic imine (C=N–C) groups is 1. The summed E-state index contributed by atoms with van der Waals surface area (Å²) in [6.45, 7) is 4.25. The van der Waals surface area contributed by atoms with Gasteiger partial charge in [0.25, 0.3) is 5.91 Å². The van der Waals surface area contributed by atoms with Crippen molar-refractivity contribution in [3.63, 3.8) is 0 Å². The van der Waals surface area contributed by atoms with Crippen molar-refractivity contribution in [3.05, 3.63) is 82.8 Å². The Morgan fingerprint density at radius 3 is 2.87 bits per heavy atom. The molecule has 0 radical (unpaired) electrons. The van der Waals surface area contributed by atoms with Gasteiger partial charge in [-0.15, -0.1) is 6.58 Å². The first-order valence-electron chi connectivity index (χ1n) is 9.36. The van der Waals surface area contributed by atoms with Crippen LogP contribution in [0.15, 0.2) is 76.7 Å². The van der Waals surface area contributed by atoms with E-state index in [9.17, 15) is 19.8 Å². The number of ether oxygens (including phenoxy) is 1. The van der Waals surface area contributed by atoms with Crippen LogP contribution in [0.25, 0.3) is 6.08 Å². The molecule has 0 unspecified atom stereocenters. The third-order valence-corrected chi connectivity index (χ3v) is 5.60. The van der Waals surface area contributed by atoms with Crippen LogP contribution in [0.2, 0.25) is 0 Å². The van der Waals surface area contributed by atoms with E-state index in [-0.39, 0.29) is 29.5 Å². The molecule has 2 aromatic carbocycles. The molecule has 156 valence electrons. The Kier molecular flexibility index (Phi) is 5.64.